The lowest BCUT2D eigenvalue weighted by Gasteiger charge is -2.23. The first-order chi connectivity index (χ1) is 12.2. The maximum atomic E-state index is 12.2. The van der Waals surface area contributed by atoms with Gasteiger partial charge in [0, 0.05) is 6.42 Å². The van der Waals surface area contributed by atoms with Crippen LogP contribution in [0.5, 0.6) is 5.75 Å². The Kier molecular flexibility index (Phi) is 8.18. The molecule has 0 radical (unpaired) electrons. The lowest BCUT2D eigenvalue weighted by Crippen LogP contribution is -2.45. The van der Waals surface area contributed by atoms with E-state index in [0.29, 0.717) is 5.56 Å². The first kappa shape index (κ1) is 23.3. The first-order valence-electron chi connectivity index (χ1n) is 7.94. The van der Waals surface area contributed by atoms with Crippen LogP contribution in [-0.2, 0) is 20.7 Å². The van der Waals surface area contributed by atoms with E-state index >= 15 is 0 Å². The van der Waals surface area contributed by atoms with Crippen molar-refractivity contribution >= 4 is 34.7 Å². The molecule has 2 atom stereocenters. The van der Waals surface area contributed by atoms with Crippen molar-refractivity contribution in [3.8, 4) is 5.75 Å². The van der Waals surface area contributed by atoms with Gasteiger partial charge in [0.05, 0.1) is 0 Å². The van der Waals surface area contributed by atoms with Gasteiger partial charge in [-0.1, -0.05) is 12.1 Å². The third-order valence-corrected chi connectivity index (χ3v) is 3.11. The highest BCUT2D eigenvalue weighted by molar-refractivity contribution is 14.1. The summed E-state index contributed by atoms with van der Waals surface area (Å²) in [6.45, 7) is 6.66. The van der Waals surface area contributed by atoms with Crippen molar-refractivity contribution in [1.82, 2.24) is 5.32 Å². The fourth-order valence-corrected chi connectivity index (χ4v) is 2.20. The monoisotopic (exact) mass is 503 g/mol. The number of ether oxygens (including phenoxy) is 3. The van der Waals surface area contributed by atoms with Crippen molar-refractivity contribution in [2.45, 2.75) is 56.2 Å². The molecule has 0 bridgehead atoms. The molecule has 0 spiro atoms. The van der Waals surface area contributed by atoms with Crippen LogP contribution in [-0.4, -0.2) is 34.2 Å². The molecule has 0 saturated carbocycles. The van der Waals surface area contributed by atoms with Gasteiger partial charge in [-0.15, -0.1) is 13.2 Å². The number of esters is 1. The zero-order valence-corrected chi connectivity index (χ0v) is 17.4. The maximum Gasteiger partial charge on any atom is 0.573 e. The summed E-state index contributed by atoms with van der Waals surface area (Å²) in [6, 6.07) is 3.92. The average molecular weight is 503 g/mol. The Morgan fingerprint density at radius 2 is 1.70 bits per heavy atom. The van der Waals surface area contributed by atoms with Gasteiger partial charge in [-0.2, -0.15) is 0 Å². The molecule has 0 aliphatic carbocycles. The Morgan fingerprint density at radius 1 is 1.15 bits per heavy atom. The Balaban J connectivity index is 2.86. The van der Waals surface area contributed by atoms with E-state index in [4.69, 9.17) is 9.47 Å². The SMILES string of the molecule is CC(I)OC(=O)[C@@H](Cc1ccc(OC(F)(F)F)cc1)NC(=O)OC(C)(C)C. The number of carbonyl (C=O) groups is 2. The zero-order chi connectivity index (χ0) is 20.8. The number of hydrogen-bond donors (Lipinski definition) is 1. The summed E-state index contributed by atoms with van der Waals surface area (Å²) >= 11 is 1.88. The maximum absolute atomic E-state index is 12.2. The summed E-state index contributed by atoms with van der Waals surface area (Å²) in [5.74, 6) is -1.07. The molecule has 0 aliphatic rings. The molecule has 1 aromatic rings. The second-order valence-electron chi connectivity index (χ2n) is 6.57. The van der Waals surface area contributed by atoms with Gasteiger partial charge >= 0.3 is 18.4 Å². The summed E-state index contributed by atoms with van der Waals surface area (Å²) in [7, 11) is 0. The molecular formula is C17H21F3INO5. The van der Waals surface area contributed by atoms with Crippen molar-refractivity contribution in [2.75, 3.05) is 0 Å². The molecule has 0 saturated heterocycles. The summed E-state index contributed by atoms with van der Waals surface area (Å²) in [4.78, 5) is 24.2. The Labute approximate surface area is 168 Å². The van der Waals surface area contributed by atoms with Crippen molar-refractivity contribution < 1.29 is 37.0 Å². The van der Waals surface area contributed by atoms with Crippen LogP contribution in [0.3, 0.4) is 0 Å². The summed E-state index contributed by atoms with van der Waals surface area (Å²) < 4.78 is 50.2. The van der Waals surface area contributed by atoms with Gasteiger partial charge in [-0.25, -0.2) is 9.59 Å². The molecule has 6 nitrogen and oxygen atoms in total. The molecule has 1 amide bonds. The highest BCUT2D eigenvalue weighted by Crippen LogP contribution is 2.23. The van der Waals surface area contributed by atoms with Gasteiger partial charge in [0.2, 0.25) is 0 Å². The highest BCUT2D eigenvalue weighted by atomic mass is 127. The van der Waals surface area contributed by atoms with E-state index in [-0.39, 0.29) is 12.2 Å². The quantitative estimate of drug-likeness (QED) is 0.355. The van der Waals surface area contributed by atoms with Crippen molar-refractivity contribution in [3.05, 3.63) is 29.8 Å². The number of hydrogen-bond acceptors (Lipinski definition) is 5. The van der Waals surface area contributed by atoms with E-state index in [2.05, 4.69) is 10.1 Å². The van der Waals surface area contributed by atoms with Crippen LogP contribution in [0.1, 0.15) is 33.3 Å². The number of alkyl halides is 4. The number of benzene rings is 1. The molecule has 0 fully saturated rings. The normalized spacial score (nSPS) is 14.1. The van der Waals surface area contributed by atoms with E-state index in [1.807, 2.05) is 22.6 Å². The number of carbonyl (C=O) groups excluding carboxylic acids is 2. The summed E-state index contributed by atoms with van der Waals surface area (Å²) in [5, 5.41) is 2.43. The van der Waals surface area contributed by atoms with Crippen LogP contribution in [0.4, 0.5) is 18.0 Å². The molecule has 1 N–H and O–H groups in total. The highest BCUT2D eigenvalue weighted by Gasteiger charge is 2.31. The Morgan fingerprint density at radius 3 is 2.15 bits per heavy atom. The number of rotatable bonds is 6. The fraction of sp³-hybridized carbons (Fsp3) is 0.529. The van der Waals surface area contributed by atoms with Gasteiger partial charge in [0.1, 0.15) is 21.5 Å². The Bertz CT molecular complexity index is 641. The van der Waals surface area contributed by atoms with E-state index in [9.17, 15) is 22.8 Å². The molecule has 10 heteroatoms. The number of halogens is 4. The predicted octanol–water partition coefficient (Wildman–Crippen LogP) is 4.35. The standard InChI is InChI=1S/C17H21F3INO5/c1-10(21)25-14(23)13(22-15(24)27-16(2,3)4)9-11-5-7-12(8-6-11)26-17(18,19)20/h5-8,10,13H,9H2,1-4H3,(H,22,24)/t10?,13-/m1/s1. The molecule has 1 aromatic carbocycles. The second kappa shape index (κ2) is 9.47. The van der Waals surface area contributed by atoms with Crippen LogP contribution in [0, 0.1) is 0 Å². The molecule has 152 valence electrons. The van der Waals surface area contributed by atoms with Gasteiger partial charge in [-0.05, 0) is 68.0 Å². The zero-order valence-electron chi connectivity index (χ0n) is 15.2. The van der Waals surface area contributed by atoms with Crippen LogP contribution < -0.4 is 10.1 Å². The van der Waals surface area contributed by atoms with E-state index in [1.54, 1.807) is 27.7 Å². The minimum absolute atomic E-state index is 0.00767. The minimum Gasteiger partial charge on any atom is -0.450 e. The lowest BCUT2D eigenvalue weighted by molar-refractivity contribution is -0.274. The predicted molar refractivity (Wildman–Crippen MR) is 99.6 cm³/mol. The third-order valence-electron chi connectivity index (χ3n) is 2.85. The molecule has 1 rings (SSSR count). The van der Waals surface area contributed by atoms with Crippen molar-refractivity contribution in [2.24, 2.45) is 0 Å². The van der Waals surface area contributed by atoms with Crippen molar-refractivity contribution in [3.63, 3.8) is 0 Å². The third kappa shape index (κ3) is 10.3. The fourth-order valence-electron chi connectivity index (χ4n) is 1.95. The minimum atomic E-state index is -4.79. The van der Waals surface area contributed by atoms with E-state index < -0.39 is 34.2 Å². The number of alkyl carbamates (subject to hydrolysis) is 1. The molecule has 0 aromatic heterocycles. The van der Waals surface area contributed by atoms with Crippen molar-refractivity contribution in [1.29, 1.82) is 0 Å². The molecule has 1 unspecified atom stereocenters. The van der Waals surface area contributed by atoms with E-state index in [1.165, 1.54) is 12.1 Å². The molecule has 0 aliphatic heterocycles. The number of amides is 1. The van der Waals surface area contributed by atoms with E-state index in [0.717, 1.165) is 12.1 Å². The van der Waals surface area contributed by atoms with Gasteiger partial charge in [-0.3, -0.25) is 0 Å². The van der Waals surface area contributed by atoms with Gasteiger partial charge < -0.3 is 19.5 Å². The van der Waals surface area contributed by atoms with Gasteiger partial charge in [0.25, 0.3) is 0 Å². The molecular weight excluding hydrogens is 482 g/mol. The van der Waals surface area contributed by atoms with Gasteiger partial charge in [0.15, 0.2) is 0 Å². The second-order valence-corrected chi connectivity index (χ2v) is 8.33. The first-order valence-corrected chi connectivity index (χ1v) is 9.18. The lowest BCUT2D eigenvalue weighted by atomic mass is 10.1. The summed E-state index contributed by atoms with van der Waals surface area (Å²) in [5.41, 5.74) is -0.255. The smallest absolute Gasteiger partial charge is 0.450 e. The molecule has 0 heterocycles. The molecule has 27 heavy (non-hydrogen) atoms. The van der Waals surface area contributed by atoms with Crippen LogP contribution >= 0.6 is 22.6 Å². The topological polar surface area (TPSA) is 73.9 Å². The Hall–Kier alpha value is -1.72. The number of nitrogens with one attached hydrogen (secondary N) is 1. The van der Waals surface area contributed by atoms with Crippen LogP contribution in [0.25, 0.3) is 0 Å². The van der Waals surface area contributed by atoms with Crippen LogP contribution in [0.2, 0.25) is 0 Å². The largest absolute Gasteiger partial charge is 0.573 e. The summed E-state index contributed by atoms with van der Waals surface area (Å²) in [6.07, 6.45) is -5.58. The van der Waals surface area contributed by atoms with Crippen LogP contribution in [0.15, 0.2) is 24.3 Å². The average Bonchev–Trinajstić information content (AvgIpc) is 2.44.